The van der Waals surface area contributed by atoms with Gasteiger partial charge in [0.05, 0.1) is 5.56 Å². The summed E-state index contributed by atoms with van der Waals surface area (Å²) in [5.41, 5.74) is 2.14. The maximum absolute atomic E-state index is 13.0. The summed E-state index contributed by atoms with van der Waals surface area (Å²) in [7, 11) is 0. The van der Waals surface area contributed by atoms with Crippen molar-refractivity contribution >= 4 is 0 Å². The van der Waals surface area contributed by atoms with E-state index in [-0.39, 0.29) is 0 Å². The van der Waals surface area contributed by atoms with Gasteiger partial charge in [0.25, 0.3) is 0 Å². The largest absolute Gasteiger partial charge is 0.416 e. The Morgan fingerprint density at radius 2 is 1.55 bits per heavy atom. The Morgan fingerprint density at radius 3 is 2.23 bits per heavy atom. The molecule has 2 aliphatic carbocycles. The minimum absolute atomic E-state index is 0.534. The lowest BCUT2D eigenvalue weighted by molar-refractivity contribution is -0.137. The molecular weight excluding hydrogens is 397 g/mol. The normalized spacial score (nSPS) is 29.3. The topological polar surface area (TPSA) is 15.3 Å². The van der Waals surface area contributed by atoms with Gasteiger partial charge in [0.2, 0.25) is 0 Å². The molecule has 1 heterocycles. The molecular formula is C26H31F3N2. The van der Waals surface area contributed by atoms with Gasteiger partial charge in [-0.05, 0) is 86.9 Å². The number of hydrogen-bond donors (Lipinski definition) is 1. The third kappa shape index (κ3) is 4.83. The van der Waals surface area contributed by atoms with Gasteiger partial charge in [-0.15, -0.1) is 0 Å². The van der Waals surface area contributed by atoms with Crippen LogP contribution in [0.4, 0.5) is 13.2 Å². The minimum Gasteiger partial charge on any atom is -0.311 e. The lowest BCUT2D eigenvalue weighted by Gasteiger charge is -2.35. The van der Waals surface area contributed by atoms with Crippen LogP contribution >= 0.6 is 0 Å². The molecule has 2 nitrogen and oxygen atoms in total. The molecule has 2 saturated carbocycles. The standard InChI is InChI=1S/C26H31F3N2/c27-26(28,29)21-5-3-4-20(16-21)18-6-8-19(9-7-18)24-17-25(24)30-22-10-12-23(13-11-22)31-14-1-2-15-31/h3-9,16,22-25,30H,1-2,10-15,17H2/t22?,23?,24-,25?/m1/s1. The summed E-state index contributed by atoms with van der Waals surface area (Å²) in [5, 5.41) is 3.88. The van der Waals surface area contributed by atoms with E-state index in [1.165, 1.54) is 69.3 Å². The number of alkyl halides is 3. The molecule has 166 valence electrons. The van der Waals surface area contributed by atoms with Crippen LogP contribution in [0.5, 0.6) is 0 Å². The third-order valence-electron chi connectivity index (χ3n) is 7.46. The highest BCUT2D eigenvalue weighted by atomic mass is 19.4. The second kappa shape index (κ2) is 8.59. The molecule has 5 rings (SSSR count). The highest BCUT2D eigenvalue weighted by Gasteiger charge is 2.40. The van der Waals surface area contributed by atoms with E-state index in [1.807, 2.05) is 12.1 Å². The summed E-state index contributed by atoms with van der Waals surface area (Å²) >= 11 is 0. The summed E-state index contributed by atoms with van der Waals surface area (Å²) in [5.74, 6) is 0.534. The molecule has 3 aliphatic rings. The summed E-state index contributed by atoms with van der Waals surface area (Å²) in [6, 6.07) is 15.7. The van der Waals surface area contributed by atoms with E-state index >= 15 is 0 Å². The molecule has 1 N–H and O–H groups in total. The van der Waals surface area contributed by atoms with E-state index in [2.05, 4.69) is 22.3 Å². The van der Waals surface area contributed by atoms with E-state index < -0.39 is 11.7 Å². The first kappa shape index (κ1) is 21.0. The predicted molar refractivity (Wildman–Crippen MR) is 118 cm³/mol. The first-order valence-corrected chi connectivity index (χ1v) is 11.7. The molecule has 1 aliphatic heterocycles. The Hall–Kier alpha value is -1.85. The second-order valence-electron chi connectivity index (χ2n) is 9.56. The smallest absolute Gasteiger partial charge is 0.311 e. The predicted octanol–water partition coefficient (Wildman–Crippen LogP) is 6.22. The molecule has 5 heteroatoms. The van der Waals surface area contributed by atoms with E-state index in [1.54, 1.807) is 6.07 Å². The molecule has 2 aromatic carbocycles. The van der Waals surface area contributed by atoms with Crippen LogP contribution in [0.2, 0.25) is 0 Å². The van der Waals surface area contributed by atoms with E-state index in [9.17, 15) is 13.2 Å². The average Bonchev–Trinajstić information content (AvgIpc) is 3.31. The van der Waals surface area contributed by atoms with Crippen LogP contribution in [0, 0.1) is 0 Å². The number of rotatable bonds is 5. The van der Waals surface area contributed by atoms with Gasteiger partial charge in [0.15, 0.2) is 0 Å². The maximum Gasteiger partial charge on any atom is 0.416 e. The van der Waals surface area contributed by atoms with Gasteiger partial charge in [0, 0.05) is 24.0 Å². The van der Waals surface area contributed by atoms with Crippen LogP contribution in [-0.2, 0) is 6.18 Å². The molecule has 0 aromatic heterocycles. The van der Waals surface area contributed by atoms with Crippen molar-refractivity contribution in [3.05, 3.63) is 59.7 Å². The van der Waals surface area contributed by atoms with Crippen LogP contribution < -0.4 is 5.32 Å². The van der Waals surface area contributed by atoms with Crippen molar-refractivity contribution < 1.29 is 13.2 Å². The molecule has 3 fully saturated rings. The third-order valence-corrected chi connectivity index (χ3v) is 7.46. The van der Waals surface area contributed by atoms with Crippen LogP contribution in [-0.4, -0.2) is 36.1 Å². The van der Waals surface area contributed by atoms with Gasteiger partial charge in [-0.25, -0.2) is 0 Å². The Morgan fingerprint density at radius 1 is 0.839 bits per heavy atom. The van der Waals surface area contributed by atoms with Gasteiger partial charge in [0.1, 0.15) is 0 Å². The number of hydrogen-bond acceptors (Lipinski definition) is 2. The Balaban J connectivity index is 1.14. The fourth-order valence-corrected chi connectivity index (χ4v) is 5.56. The van der Waals surface area contributed by atoms with Crippen molar-refractivity contribution in [3.8, 4) is 11.1 Å². The molecule has 0 radical (unpaired) electrons. The van der Waals surface area contributed by atoms with Crippen LogP contribution in [0.3, 0.4) is 0 Å². The van der Waals surface area contributed by atoms with Crippen molar-refractivity contribution in [2.75, 3.05) is 13.1 Å². The summed E-state index contributed by atoms with van der Waals surface area (Å²) in [6.07, 6.45) is 4.79. The van der Waals surface area contributed by atoms with Gasteiger partial charge >= 0.3 is 6.18 Å². The number of nitrogens with zero attached hydrogens (tertiary/aromatic N) is 1. The van der Waals surface area contributed by atoms with E-state index in [0.29, 0.717) is 23.6 Å². The molecule has 2 atom stereocenters. The first-order valence-electron chi connectivity index (χ1n) is 11.7. The highest BCUT2D eigenvalue weighted by molar-refractivity contribution is 5.65. The Labute approximate surface area is 182 Å². The molecule has 2 aromatic rings. The number of likely N-dealkylation sites (tertiary alicyclic amines) is 1. The zero-order chi connectivity index (χ0) is 21.4. The average molecular weight is 429 g/mol. The molecule has 0 bridgehead atoms. The Bertz CT molecular complexity index is 878. The fraction of sp³-hybridized carbons (Fsp3) is 0.538. The zero-order valence-electron chi connectivity index (χ0n) is 17.9. The van der Waals surface area contributed by atoms with Crippen molar-refractivity contribution in [2.45, 2.75) is 75.2 Å². The quantitative estimate of drug-likeness (QED) is 0.608. The molecule has 0 amide bonds. The van der Waals surface area contributed by atoms with Crippen LogP contribution in [0.25, 0.3) is 11.1 Å². The van der Waals surface area contributed by atoms with Gasteiger partial charge in [-0.2, -0.15) is 13.2 Å². The lowest BCUT2D eigenvalue weighted by Crippen LogP contribution is -2.42. The van der Waals surface area contributed by atoms with E-state index in [4.69, 9.17) is 0 Å². The van der Waals surface area contributed by atoms with Crippen molar-refractivity contribution in [3.63, 3.8) is 0 Å². The minimum atomic E-state index is -4.31. The van der Waals surface area contributed by atoms with Crippen LogP contribution in [0.15, 0.2) is 48.5 Å². The van der Waals surface area contributed by atoms with Crippen molar-refractivity contribution in [2.24, 2.45) is 0 Å². The number of halogens is 3. The molecule has 0 spiro atoms. The van der Waals surface area contributed by atoms with Gasteiger partial charge in [-0.3, -0.25) is 0 Å². The SMILES string of the molecule is FC(F)(F)c1cccc(-c2ccc([C@H]3CC3NC3CCC(N4CCCC4)CC3)cc2)c1. The summed E-state index contributed by atoms with van der Waals surface area (Å²) in [6.45, 7) is 2.59. The molecule has 1 saturated heterocycles. The summed E-state index contributed by atoms with van der Waals surface area (Å²) < 4.78 is 39.0. The van der Waals surface area contributed by atoms with Gasteiger partial charge < -0.3 is 10.2 Å². The fourth-order valence-electron chi connectivity index (χ4n) is 5.56. The first-order chi connectivity index (χ1) is 15.0. The van der Waals surface area contributed by atoms with Crippen LogP contribution in [0.1, 0.15) is 62.0 Å². The number of nitrogens with one attached hydrogen (secondary N) is 1. The lowest BCUT2D eigenvalue weighted by atomic mass is 9.90. The zero-order valence-corrected chi connectivity index (χ0v) is 17.9. The second-order valence-corrected chi connectivity index (χ2v) is 9.56. The Kier molecular flexibility index (Phi) is 5.82. The number of benzene rings is 2. The van der Waals surface area contributed by atoms with Gasteiger partial charge in [-0.1, -0.05) is 36.4 Å². The molecule has 31 heavy (non-hydrogen) atoms. The summed E-state index contributed by atoms with van der Waals surface area (Å²) in [4.78, 5) is 2.70. The highest BCUT2D eigenvalue weighted by Crippen LogP contribution is 2.42. The van der Waals surface area contributed by atoms with Crippen molar-refractivity contribution in [1.82, 2.24) is 10.2 Å². The van der Waals surface area contributed by atoms with E-state index in [0.717, 1.165) is 24.1 Å². The monoisotopic (exact) mass is 428 g/mol. The maximum atomic E-state index is 13.0. The van der Waals surface area contributed by atoms with Crippen molar-refractivity contribution in [1.29, 1.82) is 0 Å². The molecule has 1 unspecified atom stereocenters.